The summed E-state index contributed by atoms with van der Waals surface area (Å²) in [5, 5.41) is 9.59. The molecule has 124 valence electrons. The van der Waals surface area contributed by atoms with Crippen LogP contribution in [0.1, 0.15) is 38.2 Å². The number of hydrogen-bond donors (Lipinski definition) is 1. The molecule has 1 aliphatic heterocycles. The van der Waals surface area contributed by atoms with E-state index in [-0.39, 0.29) is 22.7 Å². The second-order valence-electron chi connectivity index (χ2n) is 6.91. The van der Waals surface area contributed by atoms with Gasteiger partial charge in [-0.05, 0) is 29.2 Å². The van der Waals surface area contributed by atoms with Gasteiger partial charge in [-0.25, -0.2) is 0 Å². The molecule has 2 N–H and O–H groups in total. The summed E-state index contributed by atoms with van der Waals surface area (Å²) in [6.07, 6.45) is 1.05. The third-order valence-electron chi connectivity index (χ3n) is 4.29. The summed E-state index contributed by atoms with van der Waals surface area (Å²) in [5.74, 6) is 0.204. The van der Waals surface area contributed by atoms with Crippen LogP contribution in [0.25, 0.3) is 0 Å². The van der Waals surface area contributed by atoms with E-state index in [1.807, 2.05) is 32.0 Å². The molecule has 4 nitrogen and oxygen atoms in total. The van der Waals surface area contributed by atoms with Crippen molar-refractivity contribution >= 4 is 37.6 Å². The van der Waals surface area contributed by atoms with E-state index in [4.69, 9.17) is 10.5 Å². The van der Waals surface area contributed by atoms with Crippen LogP contribution in [0.15, 0.2) is 49.9 Å². The molecule has 3 rings (SSSR count). The molecule has 0 fully saturated rings. The Morgan fingerprint density at radius 2 is 1.88 bits per heavy atom. The predicted molar refractivity (Wildman–Crippen MR) is 97.5 cm³/mol. The van der Waals surface area contributed by atoms with E-state index >= 15 is 0 Å². The molecular formula is C18H16Br2N2O2. The molecule has 0 saturated carbocycles. The van der Waals surface area contributed by atoms with Crippen molar-refractivity contribution < 1.29 is 9.53 Å². The number of benzene rings is 1. The molecule has 24 heavy (non-hydrogen) atoms. The fourth-order valence-electron chi connectivity index (χ4n) is 3.36. The Hall–Kier alpha value is -1.58. The van der Waals surface area contributed by atoms with Crippen LogP contribution in [0.3, 0.4) is 0 Å². The zero-order valence-electron chi connectivity index (χ0n) is 13.3. The highest BCUT2D eigenvalue weighted by molar-refractivity contribution is 9.11. The number of ketones is 1. The largest absolute Gasteiger partial charge is 0.444 e. The highest BCUT2D eigenvalue weighted by Crippen LogP contribution is 2.48. The standard InChI is InChI=1S/C18H16Br2N2O2/c1-18(2)6-13(23)16-14(7-18)24-17(22)12(8-21)15(16)9-3-10(19)5-11(20)4-9/h3-5,15H,6-7,22H2,1-2H3. The molecule has 0 radical (unpaired) electrons. The molecule has 0 saturated heterocycles. The van der Waals surface area contributed by atoms with Crippen LogP contribution in [0.4, 0.5) is 0 Å². The van der Waals surface area contributed by atoms with Gasteiger partial charge in [0, 0.05) is 27.4 Å². The van der Waals surface area contributed by atoms with Gasteiger partial charge in [0.15, 0.2) is 5.78 Å². The van der Waals surface area contributed by atoms with Crippen molar-refractivity contribution in [2.24, 2.45) is 11.1 Å². The van der Waals surface area contributed by atoms with Gasteiger partial charge in [0.2, 0.25) is 5.88 Å². The van der Waals surface area contributed by atoms with Gasteiger partial charge in [-0.3, -0.25) is 4.79 Å². The minimum absolute atomic E-state index is 0.0163. The highest BCUT2D eigenvalue weighted by Gasteiger charge is 2.43. The lowest BCUT2D eigenvalue weighted by molar-refractivity contribution is -0.119. The number of hydrogen-bond acceptors (Lipinski definition) is 4. The number of nitrogens with two attached hydrogens (primary N) is 1. The van der Waals surface area contributed by atoms with Gasteiger partial charge in [-0.15, -0.1) is 0 Å². The number of rotatable bonds is 1. The first-order valence-electron chi connectivity index (χ1n) is 7.51. The first kappa shape index (κ1) is 17.2. The number of ether oxygens (including phenoxy) is 1. The van der Waals surface area contributed by atoms with Crippen LogP contribution in [-0.2, 0) is 9.53 Å². The van der Waals surface area contributed by atoms with Gasteiger partial charge in [0.05, 0.1) is 5.92 Å². The summed E-state index contributed by atoms with van der Waals surface area (Å²) in [7, 11) is 0. The average molecular weight is 452 g/mol. The molecule has 1 atom stereocenters. The number of Topliss-reactive ketones (excluding diaryl/α,β-unsaturated/α-hetero) is 1. The first-order valence-corrected chi connectivity index (χ1v) is 9.10. The number of carbonyl (C=O) groups excluding carboxylic acids is 1. The Balaban J connectivity index is 2.22. The van der Waals surface area contributed by atoms with Crippen LogP contribution in [0.2, 0.25) is 0 Å². The fraction of sp³-hybridized carbons (Fsp3) is 0.333. The van der Waals surface area contributed by atoms with Crippen molar-refractivity contribution in [1.29, 1.82) is 5.26 Å². The summed E-state index contributed by atoms with van der Waals surface area (Å²) in [6.45, 7) is 4.06. The molecule has 1 heterocycles. The van der Waals surface area contributed by atoms with Gasteiger partial charge in [-0.2, -0.15) is 5.26 Å². The number of nitriles is 1. The van der Waals surface area contributed by atoms with Gasteiger partial charge in [0.25, 0.3) is 0 Å². The molecule has 2 aliphatic rings. The molecule has 0 spiro atoms. The molecular weight excluding hydrogens is 436 g/mol. The second-order valence-corrected chi connectivity index (χ2v) is 8.74. The molecule has 0 bridgehead atoms. The van der Waals surface area contributed by atoms with Crippen LogP contribution < -0.4 is 5.73 Å². The van der Waals surface area contributed by atoms with Crippen LogP contribution in [-0.4, -0.2) is 5.78 Å². The molecule has 0 aromatic heterocycles. The lowest BCUT2D eigenvalue weighted by Gasteiger charge is -2.37. The molecule has 6 heteroatoms. The Kier molecular flexibility index (Phi) is 4.35. The zero-order valence-corrected chi connectivity index (χ0v) is 16.5. The summed E-state index contributed by atoms with van der Waals surface area (Å²) < 4.78 is 7.40. The summed E-state index contributed by atoms with van der Waals surface area (Å²) in [4.78, 5) is 12.8. The summed E-state index contributed by atoms with van der Waals surface area (Å²) in [5.41, 5.74) is 7.50. The van der Waals surface area contributed by atoms with Crippen molar-refractivity contribution in [3.05, 3.63) is 55.5 Å². The Bertz CT molecular complexity index is 827. The Morgan fingerprint density at radius 3 is 2.46 bits per heavy atom. The summed E-state index contributed by atoms with van der Waals surface area (Å²) >= 11 is 6.93. The van der Waals surface area contributed by atoms with Gasteiger partial charge in [0.1, 0.15) is 17.4 Å². The Labute approximate surface area is 157 Å². The van der Waals surface area contributed by atoms with Crippen LogP contribution in [0.5, 0.6) is 0 Å². The minimum atomic E-state index is -0.490. The van der Waals surface area contributed by atoms with Gasteiger partial charge < -0.3 is 10.5 Å². The van der Waals surface area contributed by atoms with E-state index in [2.05, 4.69) is 37.9 Å². The maximum atomic E-state index is 12.8. The van der Waals surface area contributed by atoms with Crippen LogP contribution >= 0.6 is 31.9 Å². The number of carbonyl (C=O) groups is 1. The Morgan fingerprint density at radius 1 is 1.25 bits per heavy atom. The highest BCUT2D eigenvalue weighted by atomic mass is 79.9. The van der Waals surface area contributed by atoms with Crippen molar-refractivity contribution in [2.75, 3.05) is 0 Å². The third-order valence-corrected chi connectivity index (χ3v) is 5.21. The third kappa shape index (κ3) is 3.03. The SMILES string of the molecule is CC1(C)CC(=O)C2=C(C1)OC(N)=C(C#N)C2c1cc(Br)cc(Br)c1. The van der Waals surface area contributed by atoms with Crippen molar-refractivity contribution in [1.82, 2.24) is 0 Å². The maximum Gasteiger partial charge on any atom is 0.205 e. The molecule has 1 aromatic carbocycles. The smallest absolute Gasteiger partial charge is 0.205 e. The summed E-state index contributed by atoms with van der Waals surface area (Å²) in [6, 6.07) is 7.85. The quantitative estimate of drug-likeness (QED) is 0.673. The molecule has 1 unspecified atom stereocenters. The van der Waals surface area contributed by atoms with E-state index in [1.54, 1.807) is 0 Å². The predicted octanol–water partition coefficient (Wildman–Crippen LogP) is 4.66. The van der Waals surface area contributed by atoms with E-state index in [0.717, 1.165) is 14.5 Å². The molecule has 1 aromatic rings. The molecule has 0 amide bonds. The lowest BCUT2D eigenvalue weighted by Crippen LogP contribution is -2.33. The second kappa shape index (κ2) is 6.05. The monoisotopic (exact) mass is 450 g/mol. The van der Waals surface area contributed by atoms with Crippen molar-refractivity contribution in [3.63, 3.8) is 0 Å². The number of nitrogens with zero attached hydrogens (tertiary/aromatic N) is 1. The van der Waals surface area contributed by atoms with Gasteiger partial charge >= 0.3 is 0 Å². The van der Waals surface area contributed by atoms with E-state index in [9.17, 15) is 10.1 Å². The van der Waals surface area contributed by atoms with E-state index in [0.29, 0.717) is 24.2 Å². The van der Waals surface area contributed by atoms with E-state index < -0.39 is 5.92 Å². The lowest BCUT2D eigenvalue weighted by atomic mass is 9.70. The first-order chi connectivity index (χ1) is 11.2. The maximum absolute atomic E-state index is 12.8. The van der Waals surface area contributed by atoms with Gasteiger partial charge in [-0.1, -0.05) is 45.7 Å². The topological polar surface area (TPSA) is 76.1 Å². The average Bonchev–Trinajstić information content (AvgIpc) is 2.43. The number of halogens is 2. The molecule has 1 aliphatic carbocycles. The zero-order chi connectivity index (χ0) is 17.6. The van der Waals surface area contributed by atoms with Crippen LogP contribution in [0, 0.1) is 16.7 Å². The minimum Gasteiger partial charge on any atom is -0.444 e. The fourth-order valence-corrected chi connectivity index (χ4v) is 4.69. The normalized spacial score (nSPS) is 22.8. The van der Waals surface area contributed by atoms with E-state index in [1.165, 1.54) is 0 Å². The van der Waals surface area contributed by atoms with Crippen molar-refractivity contribution in [3.8, 4) is 6.07 Å². The van der Waals surface area contributed by atoms with Crippen molar-refractivity contribution in [2.45, 2.75) is 32.6 Å². The number of allylic oxidation sites excluding steroid dienone is 3.